The van der Waals surface area contributed by atoms with Gasteiger partial charge >= 0.3 is 0 Å². The fourth-order valence-electron chi connectivity index (χ4n) is 0.684. The summed E-state index contributed by atoms with van der Waals surface area (Å²) in [5.74, 6) is -0.0179. The van der Waals surface area contributed by atoms with Crippen molar-refractivity contribution in [2.24, 2.45) is 0 Å². The third-order valence-corrected chi connectivity index (χ3v) is 1.99. The molecule has 1 aromatic rings. The van der Waals surface area contributed by atoms with Crippen molar-refractivity contribution >= 4 is 40.6 Å². The number of H-pyrrole nitrogens is 1. The van der Waals surface area contributed by atoms with Crippen LogP contribution in [-0.2, 0) is 3.79 Å². The molecule has 72 valence electrons. The molecule has 0 spiro atoms. The van der Waals surface area contributed by atoms with E-state index in [-0.39, 0.29) is 11.6 Å². The maximum Gasteiger partial charge on any atom is 0.256 e. The van der Waals surface area contributed by atoms with Gasteiger partial charge in [0.05, 0.1) is 5.56 Å². The van der Waals surface area contributed by atoms with Crippen molar-refractivity contribution < 1.29 is 0 Å². The van der Waals surface area contributed by atoms with E-state index in [0.717, 1.165) is 0 Å². The van der Waals surface area contributed by atoms with E-state index >= 15 is 0 Å². The minimum atomic E-state index is -1.76. The number of alkyl halides is 3. The van der Waals surface area contributed by atoms with Crippen LogP contribution >= 0.6 is 34.8 Å². The molecule has 0 saturated carbocycles. The average Bonchev–Trinajstić information content (AvgIpc) is 1.97. The fourth-order valence-corrected chi connectivity index (χ4v) is 0.953. The second kappa shape index (κ2) is 3.36. The smallest absolute Gasteiger partial charge is 0.256 e. The number of anilines is 1. The Labute approximate surface area is 89.0 Å². The minimum absolute atomic E-state index is 0.0603. The van der Waals surface area contributed by atoms with Gasteiger partial charge in [0, 0.05) is 0 Å². The number of nitrogens with two attached hydrogens (primary N) is 1. The van der Waals surface area contributed by atoms with E-state index in [4.69, 9.17) is 40.5 Å². The van der Waals surface area contributed by atoms with E-state index < -0.39 is 9.35 Å². The Morgan fingerprint density at radius 3 is 2.38 bits per heavy atom. The van der Waals surface area contributed by atoms with Crippen molar-refractivity contribution in [2.75, 3.05) is 5.73 Å². The molecule has 1 rings (SSSR count). The lowest BCUT2D eigenvalue weighted by atomic mass is 10.3. The molecule has 0 aliphatic carbocycles. The Morgan fingerprint density at radius 2 is 2.00 bits per heavy atom. The molecule has 0 bridgehead atoms. The molecule has 3 N–H and O–H groups in total. The van der Waals surface area contributed by atoms with Crippen molar-refractivity contribution in [3.8, 4) is 0 Å². The van der Waals surface area contributed by atoms with Gasteiger partial charge in [-0.3, -0.25) is 4.79 Å². The van der Waals surface area contributed by atoms with Crippen molar-refractivity contribution in [2.45, 2.75) is 10.7 Å². The summed E-state index contributed by atoms with van der Waals surface area (Å²) < 4.78 is -1.76. The minimum Gasteiger partial charge on any atom is -0.383 e. The summed E-state index contributed by atoms with van der Waals surface area (Å²) in [6, 6.07) is 0. The Morgan fingerprint density at radius 1 is 1.46 bits per heavy atom. The van der Waals surface area contributed by atoms with Crippen molar-refractivity contribution in [1.82, 2.24) is 9.97 Å². The average molecular weight is 242 g/mol. The van der Waals surface area contributed by atoms with E-state index in [0.29, 0.717) is 5.56 Å². The standard InChI is InChI=1S/C6H6Cl3N3O/c1-2-3(10)11-5(6(7,8)9)12-4(2)13/h1H3,(H3,10,11,12,13). The van der Waals surface area contributed by atoms with E-state index in [1.807, 2.05) is 0 Å². The van der Waals surface area contributed by atoms with Crippen LogP contribution in [0.1, 0.15) is 11.4 Å². The summed E-state index contributed by atoms with van der Waals surface area (Å²) in [5, 5.41) is 0. The van der Waals surface area contributed by atoms with Crippen molar-refractivity contribution in [3.63, 3.8) is 0 Å². The number of halogens is 3. The number of aromatic nitrogens is 2. The van der Waals surface area contributed by atoms with Gasteiger partial charge in [-0.2, -0.15) is 0 Å². The highest BCUT2D eigenvalue weighted by molar-refractivity contribution is 6.66. The molecule has 0 saturated heterocycles. The predicted molar refractivity (Wildman–Crippen MR) is 53.2 cm³/mol. The van der Waals surface area contributed by atoms with Gasteiger partial charge in [0.15, 0.2) is 5.82 Å². The first-order valence-corrected chi connectivity index (χ1v) is 4.39. The summed E-state index contributed by atoms with van der Waals surface area (Å²) in [7, 11) is 0. The zero-order valence-corrected chi connectivity index (χ0v) is 8.83. The van der Waals surface area contributed by atoms with Crippen LogP contribution in [0.15, 0.2) is 4.79 Å². The third kappa shape index (κ3) is 2.27. The first-order valence-electron chi connectivity index (χ1n) is 3.26. The number of hydrogen-bond acceptors (Lipinski definition) is 3. The summed E-state index contributed by atoms with van der Waals surface area (Å²) in [6.07, 6.45) is 0. The first kappa shape index (κ1) is 10.6. The van der Waals surface area contributed by atoms with Crippen LogP contribution in [-0.4, -0.2) is 9.97 Å². The zero-order chi connectivity index (χ0) is 10.2. The van der Waals surface area contributed by atoms with Gasteiger partial charge in [0.1, 0.15) is 5.82 Å². The highest BCUT2D eigenvalue weighted by atomic mass is 35.6. The number of rotatable bonds is 0. The number of hydrogen-bond donors (Lipinski definition) is 2. The molecule has 0 aromatic carbocycles. The van der Waals surface area contributed by atoms with Gasteiger partial charge in [0.25, 0.3) is 5.56 Å². The fraction of sp³-hybridized carbons (Fsp3) is 0.333. The van der Waals surface area contributed by atoms with Crippen molar-refractivity contribution in [1.29, 1.82) is 0 Å². The van der Waals surface area contributed by atoms with E-state index in [1.165, 1.54) is 6.92 Å². The molecule has 4 nitrogen and oxygen atoms in total. The van der Waals surface area contributed by atoms with Crippen LogP contribution in [0.25, 0.3) is 0 Å². The van der Waals surface area contributed by atoms with Gasteiger partial charge in [-0.25, -0.2) is 4.98 Å². The zero-order valence-electron chi connectivity index (χ0n) is 6.57. The summed E-state index contributed by atoms with van der Waals surface area (Å²) in [4.78, 5) is 17.2. The molecular weight excluding hydrogens is 236 g/mol. The highest BCUT2D eigenvalue weighted by Crippen LogP contribution is 2.35. The molecule has 0 radical (unpaired) electrons. The van der Waals surface area contributed by atoms with Crippen LogP contribution in [0.2, 0.25) is 0 Å². The topological polar surface area (TPSA) is 71.8 Å². The molecule has 1 aromatic heterocycles. The summed E-state index contributed by atoms with van der Waals surface area (Å²) >= 11 is 16.5. The number of nitrogens with one attached hydrogen (secondary N) is 1. The number of nitrogens with zero attached hydrogens (tertiary/aromatic N) is 1. The maximum atomic E-state index is 11.2. The highest BCUT2D eigenvalue weighted by Gasteiger charge is 2.26. The van der Waals surface area contributed by atoms with Crippen LogP contribution in [0.4, 0.5) is 5.82 Å². The lowest BCUT2D eigenvalue weighted by Crippen LogP contribution is -2.21. The number of nitrogen functional groups attached to an aromatic ring is 1. The maximum absolute atomic E-state index is 11.2. The monoisotopic (exact) mass is 241 g/mol. The lowest BCUT2D eigenvalue weighted by Gasteiger charge is -2.10. The normalized spacial score (nSPS) is 11.7. The second-order valence-electron chi connectivity index (χ2n) is 2.42. The van der Waals surface area contributed by atoms with E-state index in [9.17, 15) is 4.79 Å². The van der Waals surface area contributed by atoms with Crippen LogP contribution in [0.5, 0.6) is 0 Å². The van der Waals surface area contributed by atoms with E-state index in [1.54, 1.807) is 0 Å². The van der Waals surface area contributed by atoms with Crippen molar-refractivity contribution in [3.05, 3.63) is 21.7 Å². The Hall–Kier alpha value is -0.450. The molecular formula is C6H6Cl3N3O. The first-order chi connectivity index (χ1) is 5.82. The quantitative estimate of drug-likeness (QED) is 0.677. The molecule has 1 heterocycles. The SMILES string of the molecule is Cc1c(N)nc(C(Cl)(Cl)Cl)[nH]c1=O. The largest absolute Gasteiger partial charge is 0.383 e. The molecule has 0 aliphatic rings. The van der Waals surface area contributed by atoms with Gasteiger partial charge in [-0.15, -0.1) is 0 Å². The predicted octanol–water partition coefficient (Wildman–Crippen LogP) is 1.49. The van der Waals surface area contributed by atoms with Crippen LogP contribution < -0.4 is 11.3 Å². The van der Waals surface area contributed by atoms with E-state index in [2.05, 4.69) is 9.97 Å². The van der Waals surface area contributed by atoms with Gasteiger partial charge < -0.3 is 10.7 Å². The molecule has 0 amide bonds. The third-order valence-electron chi connectivity index (χ3n) is 1.46. The van der Waals surface area contributed by atoms with Gasteiger partial charge in [-0.05, 0) is 6.92 Å². The second-order valence-corrected chi connectivity index (χ2v) is 4.70. The van der Waals surface area contributed by atoms with Gasteiger partial charge in [-0.1, -0.05) is 34.8 Å². The Balaban J connectivity index is 3.38. The lowest BCUT2D eigenvalue weighted by molar-refractivity contribution is 0.937. The summed E-state index contributed by atoms with van der Waals surface area (Å²) in [5.41, 5.74) is 5.31. The Kier molecular flexibility index (Phi) is 2.75. The summed E-state index contributed by atoms with van der Waals surface area (Å²) in [6.45, 7) is 1.53. The van der Waals surface area contributed by atoms with Crippen LogP contribution in [0, 0.1) is 6.92 Å². The molecule has 0 aliphatic heterocycles. The van der Waals surface area contributed by atoms with Crippen LogP contribution in [0.3, 0.4) is 0 Å². The molecule has 0 unspecified atom stereocenters. The Bertz CT molecular complexity index is 382. The molecule has 0 atom stereocenters. The molecule has 7 heteroatoms. The number of aromatic amines is 1. The molecule has 13 heavy (non-hydrogen) atoms. The van der Waals surface area contributed by atoms with Gasteiger partial charge in [0.2, 0.25) is 3.79 Å². The molecule has 0 fully saturated rings.